The SMILES string of the molecule is Cn1c(C(C)(C)C)c(N)c(=O)n1-c1ccccc1. The van der Waals surface area contributed by atoms with Crippen molar-refractivity contribution in [3.05, 3.63) is 46.4 Å². The van der Waals surface area contributed by atoms with E-state index < -0.39 is 0 Å². The number of para-hydroxylation sites is 1. The molecule has 2 rings (SSSR count). The van der Waals surface area contributed by atoms with Crippen LogP contribution in [-0.2, 0) is 12.5 Å². The summed E-state index contributed by atoms with van der Waals surface area (Å²) in [6, 6.07) is 9.52. The Morgan fingerprint density at radius 2 is 1.67 bits per heavy atom. The highest BCUT2D eigenvalue weighted by atomic mass is 16.1. The van der Waals surface area contributed by atoms with E-state index in [9.17, 15) is 4.79 Å². The summed E-state index contributed by atoms with van der Waals surface area (Å²) in [7, 11) is 1.87. The molecule has 0 radical (unpaired) electrons. The molecule has 18 heavy (non-hydrogen) atoms. The molecule has 2 aromatic rings. The van der Waals surface area contributed by atoms with Gasteiger partial charge < -0.3 is 5.73 Å². The molecule has 0 saturated heterocycles. The molecule has 4 nitrogen and oxygen atoms in total. The van der Waals surface area contributed by atoms with Crippen molar-refractivity contribution in [1.29, 1.82) is 0 Å². The lowest BCUT2D eigenvalue weighted by Gasteiger charge is -2.21. The maximum Gasteiger partial charge on any atom is 0.294 e. The molecule has 0 bridgehead atoms. The van der Waals surface area contributed by atoms with Gasteiger partial charge in [0.2, 0.25) is 0 Å². The maximum atomic E-state index is 12.3. The van der Waals surface area contributed by atoms with Crippen molar-refractivity contribution < 1.29 is 0 Å². The summed E-state index contributed by atoms with van der Waals surface area (Å²) in [5, 5.41) is 0. The molecule has 0 spiro atoms. The van der Waals surface area contributed by atoms with E-state index in [1.165, 1.54) is 0 Å². The number of anilines is 1. The van der Waals surface area contributed by atoms with E-state index in [2.05, 4.69) is 0 Å². The van der Waals surface area contributed by atoms with Crippen molar-refractivity contribution in [3.8, 4) is 5.69 Å². The Hall–Kier alpha value is -1.97. The third kappa shape index (κ3) is 1.83. The van der Waals surface area contributed by atoms with Gasteiger partial charge in [0.15, 0.2) is 0 Å². The third-order valence-corrected chi connectivity index (χ3v) is 3.01. The number of hydrogen-bond donors (Lipinski definition) is 1. The first-order chi connectivity index (χ1) is 8.34. The van der Waals surface area contributed by atoms with Gasteiger partial charge in [0.05, 0.1) is 11.4 Å². The quantitative estimate of drug-likeness (QED) is 0.836. The molecule has 1 aromatic carbocycles. The molecule has 0 aliphatic rings. The molecule has 0 saturated carbocycles. The van der Waals surface area contributed by atoms with Gasteiger partial charge in [0.1, 0.15) is 5.69 Å². The predicted octanol–water partition coefficient (Wildman–Crippen LogP) is 2.06. The third-order valence-electron chi connectivity index (χ3n) is 3.01. The molecule has 0 aliphatic carbocycles. The summed E-state index contributed by atoms with van der Waals surface area (Å²) in [6.07, 6.45) is 0. The van der Waals surface area contributed by atoms with Crippen LogP contribution in [0.3, 0.4) is 0 Å². The van der Waals surface area contributed by atoms with Crippen LogP contribution in [0.5, 0.6) is 0 Å². The Balaban J connectivity index is 2.77. The zero-order chi connectivity index (χ0) is 13.5. The summed E-state index contributed by atoms with van der Waals surface area (Å²) in [5.41, 5.74) is 7.66. The Labute approximate surface area is 107 Å². The summed E-state index contributed by atoms with van der Waals surface area (Å²) >= 11 is 0. The average molecular weight is 245 g/mol. The van der Waals surface area contributed by atoms with Gasteiger partial charge in [-0.05, 0) is 12.1 Å². The average Bonchev–Trinajstić information content (AvgIpc) is 2.50. The van der Waals surface area contributed by atoms with E-state index in [1.54, 1.807) is 4.68 Å². The van der Waals surface area contributed by atoms with Crippen LogP contribution in [-0.4, -0.2) is 9.36 Å². The van der Waals surface area contributed by atoms with Gasteiger partial charge in [-0.15, -0.1) is 0 Å². The second kappa shape index (κ2) is 4.05. The van der Waals surface area contributed by atoms with Crippen molar-refractivity contribution in [3.63, 3.8) is 0 Å². The molecule has 0 aliphatic heterocycles. The van der Waals surface area contributed by atoms with Crippen LogP contribution in [0.4, 0.5) is 5.69 Å². The first-order valence-corrected chi connectivity index (χ1v) is 5.97. The van der Waals surface area contributed by atoms with Crippen LogP contribution in [0.2, 0.25) is 0 Å². The molecule has 0 fully saturated rings. The van der Waals surface area contributed by atoms with Gasteiger partial charge in [0.25, 0.3) is 5.56 Å². The lowest BCUT2D eigenvalue weighted by molar-refractivity contribution is 0.501. The zero-order valence-corrected chi connectivity index (χ0v) is 11.3. The topological polar surface area (TPSA) is 52.9 Å². The van der Waals surface area contributed by atoms with Gasteiger partial charge in [-0.25, -0.2) is 4.68 Å². The molecule has 1 heterocycles. The van der Waals surface area contributed by atoms with E-state index >= 15 is 0 Å². The van der Waals surface area contributed by atoms with E-state index in [0.717, 1.165) is 11.4 Å². The number of nitrogens with zero attached hydrogens (tertiary/aromatic N) is 2. The fourth-order valence-corrected chi connectivity index (χ4v) is 2.38. The van der Waals surface area contributed by atoms with Crippen LogP contribution in [0.25, 0.3) is 5.69 Å². The molecular formula is C14H19N3O. The van der Waals surface area contributed by atoms with Crippen LogP contribution in [0, 0.1) is 0 Å². The fraction of sp³-hybridized carbons (Fsp3) is 0.357. The van der Waals surface area contributed by atoms with Crippen LogP contribution in [0.1, 0.15) is 26.5 Å². The fourth-order valence-electron chi connectivity index (χ4n) is 2.38. The minimum Gasteiger partial charge on any atom is -0.393 e. The Bertz CT molecular complexity index is 615. The summed E-state index contributed by atoms with van der Waals surface area (Å²) < 4.78 is 3.45. The largest absolute Gasteiger partial charge is 0.393 e. The Morgan fingerprint density at radius 3 is 2.11 bits per heavy atom. The second-order valence-corrected chi connectivity index (χ2v) is 5.49. The first-order valence-electron chi connectivity index (χ1n) is 5.97. The van der Waals surface area contributed by atoms with Gasteiger partial charge in [-0.2, -0.15) is 0 Å². The van der Waals surface area contributed by atoms with E-state index in [4.69, 9.17) is 5.73 Å². The van der Waals surface area contributed by atoms with Crippen LogP contribution in [0.15, 0.2) is 35.1 Å². The van der Waals surface area contributed by atoms with E-state index in [1.807, 2.05) is 62.8 Å². The van der Waals surface area contributed by atoms with E-state index in [0.29, 0.717) is 5.69 Å². The molecule has 2 N–H and O–H groups in total. The zero-order valence-electron chi connectivity index (χ0n) is 11.3. The predicted molar refractivity (Wildman–Crippen MR) is 74.1 cm³/mol. The molecule has 0 amide bonds. The number of nitrogens with two attached hydrogens (primary N) is 1. The van der Waals surface area contributed by atoms with Crippen molar-refractivity contribution in [2.24, 2.45) is 7.05 Å². The molecule has 96 valence electrons. The monoisotopic (exact) mass is 245 g/mol. The number of hydrogen-bond acceptors (Lipinski definition) is 2. The van der Waals surface area contributed by atoms with Crippen molar-refractivity contribution >= 4 is 5.69 Å². The Morgan fingerprint density at radius 1 is 1.11 bits per heavy atom. The first kappa shape index (κ1) is 12.5. The van der Waals surface area contributed by atoms with Crippen molar-refractivity contribution in [1.82, 2.24) is 9.36 Å². The standard InChI is InChI=1S/C14H19N3O/c1-14(2,3)12-11(15)13(18)17(16(12)4)10-8-6-5-7-9-10/h5-9H,15H2,1-4H3. The number of nitrogen functional groups attached to an aromatic ring is 1. The minimum atomic E-state index is -0.169. The van der Waals surface area contributed by atoms with Crippen molar-refractivity contribution in [2.45, 2.75) is 26.2 Å². The maximum absolute atomic E-state index is 12.3. The number of rotatable bonds is 1. The minimum absolute atomic E-state index is 0.159. The normalized spacial score (nSPS) is 11.8. The molecule has 0 atom stereocenters. The van der Waals surface area contributed by atoms with Crippen LogP contribution >= 0.6 is 0 Å². The second-order valence-electron chi connectivity index (χ2n) is 5.49. The van der Waals surface area contributed by atoms with Crippen LogP contribution < -0.4 is 11.3 Å². The van der Waals surface area contributed by atoms with E-state index in [-0.39, 0.29) is 11.0 Å². The summed E-state index contributed by atoms with van der Waals surface area (Å²) in [5.74, 6) is 0. The highest BCUT2D eigenvalue weighted by Crippen LogP contribution is 2.26. The molecule has 4 heteroatoms. The molecule has 1 aromatic heterocycles. The highest BCUT2D eigenvalue weighted by molar-refractivity contribution is 5.48. The molecular weight excluding hydrogens is 226 g/mol. The lowest BCUT2D eigenvalue weighted by atomic mass is 9.91. The smallest absolute Gasteiger partial charge is 0.294 e. The van der Waals surface area contributed by atoms with Gasteiger partial charge in [0, 0.05) is 12.5 Å². The van der Waals surface area contributed by atoms with Gasteiger partial charge in [-0.3, -0.25) is 9.48 Å². The van der Waals surface area contributed by atoms with Gasteiger partial charge >= 0.3 is 0 Å². The van der Waals surface area contributed by atoms with Crippen molar-refractivity contribution in [2.75, 3.05) is 5.73 Å². The highest BCUT2D eigenvalue weighted by Gasteiger charge is 2.26. The summed E-state index contributed by atoms with van der Waals surface area (Å²) in [6.45, 7) is 6.15. The summed E-state index contributed by atoms with van der Waals surface area (Å²) in [4.78, 5) is 12.3. The number of aromatic nitrogens is 2. The van der Waals surface area contributed by atoms with Gasteiger partial charge in [-0.1, -0.05) is 39.0 Å². The lowest BCUT2D eigenvalue weighted by Crippen LogP contribution is -2.22. The number of benzene rings is 1. The molecule has 0 unspecified atom stereocenters. The Kier molecular flexibility index (Phi) is 2.81.